The summed E-state index contributed by atoms with van der Waals surface area (Å²) >= 11 is 0. The van der Waals surface area contributed by atoms with Gasteiger partial charge in [-0.25, -0.2) is 0 Å². The van der Waals surface area contributed by atoms with Crippen LogP contribution in [0.25, 0.3) is 0 Å². The van der Waals surface area contributed by atoms with Gasteiger partial charge in [0.25, 0.3) is 5.69 Å². The molecule has 0 aliphatic carbocycles. The average molecular weight is 235 g/mol. The highest BCUT2D eigenvalue weighted by Gasteiger charge is 2.12. The van der Waals surface area contributed by atoms with Gasteiger partial charge in [0.1, 0.15) is 6.26 Å². The van der Waals surface area contributed by atoms with Crippen molar-refractivity contribution in [2.24, 2.45) is 10.2 Å². The average Bonchev–Trinajstić information content (AvgIpc) is 2.29. The first-order chi connectivity index (χ1) is 8.06. The standard InChI is InChI=1S/C10H9N3O4/c1-7(15)9(6-14)12-11-8-4-2-3-5-10(8)13(16)17/h2-6,14H,1H3/b9-6-,12-11?. The lowest BCUT2D eigenvalue weighted by atomic mass is 10.3. The molecule has 0 heterocycles. The Kier molecular flexibility index (Phi) is 4.04. The third-order valence-corrected chi connectivity index (χ3v) is 1.83. The molecule has 0 atom stereocenters. The molecule has 0 saturated carbocycles. The summed E-state index contributed by atoms with van der Waals surface area (Å²) in [6, 6.07) is 5.70. The van der Waals surface area contributed by atoms with Crippen molar-refractivity contribution in [1.82, 2.24) is 0 Å². The van der Waals surface area contributed by atoms with E-state index in [1.54, 1.807) is 6.07 Å². The van der Waals surface area contributed by atoms with Crippen LogP contribution in [-0.2, 0) is 4.79 Å². The third kappa shape index (κ3) is 3.20. The van der Waals surface area contributed by atoms with Gasteiger partial charge in [-0.15, -0.1) is 10.2 Å². The van der Waals surface area contributed by atoms with Crippen LogP contribution in [0.15, 0.2) is 46.5 Å². The van der Waals surface area contributed by atoms with Crippen LogP contribution in [0.5, 0.6) is 0 Å². The minimum absolute atomic E-state index is 0.0121. The highest BCUT2D eigenvalue weighted by Crippen LogP contribution is 2.26. The topological polar surface area (TPSA) is 105 Å². The van der Waals surface area contributed by atoms with E-state index in [0.29, 0.717) is 6.26 Å². The molecule has 1 rings (SSSR count). The predicted molar refractivity (Wildman–Crippen MR) is 59.0 cm³/mol. The summed E-state index contributed by atoms with van der Waals surface area (Å²) in [7, 11) is 0. The van der Waals surface area contributed by atoms with Crippen LogP contribution in [0.1, 0.15) is 6.92 Å². The van der Waals surface area contributed by atoms with E-state index >= 15 is 0 Å². The van der Waals surface area contributed by atoms with Crippen molar-refractivity contribution in [2.75, 3.05) is 0 Å². The van der Waals surface area contributed by atoms with Crippen molar-refractivity contribution < 1.29 is 14.8 Å². The second kappa shape index (κ2) is 5.50. The maximum absolute atomic E-state index is 10.9. The van der Waals surface area contributed by atoms with Crippen LogP contribution in [0.4, 0.5) is 11.4 Å². The van der Waals surface area contributed by atoms with Crippen LogP contribution < -0.4 is 0 Å². The first kappa shape index (κ1) is 12.5. The number of ketones is 1. The SMILES string of the molecule is CC(=O)/C(=C/O)N=Nc1ccccc1[N+](=O)[O-]. The van der Waals surface area contributed by atoms with Crippen molar-refractivity contribution in [2.45, 2.75) is 6.92 Å². The number of Topliss-reactive ketones (excluding diaryl/α,β-unsaturated/α-hetero) is 1. The Labute approximate surface area is 96.3 Å². The lowest BCUT2D eigenvalue weighted by Gasteiger charge is -1.95. The highest BCUT2D eigenvalue weighted by molar-refractivity contribution is 5.92. The van der Waals surface area contributed by atoms with E-state index in [9.17, 15) is 14.9 Å². The lowest BCUT2D eigenvalue weighted by Crippen LogP contribution is -1.92. The Balaban J connectivity index is 3.07. The van der Waals surface area contributed by atoms with Crippen molar-refractivity contribution in [3.05, 3.63) is 46.3 Å². The van der Waals surface area contributed by atoms with E-state index in [0.717, 1.165) is 0 Å². The van der Waals surface area contributed by atoms with Gasteiger partial charge in [-0.1, -0.05) is 12.1 Å². The second-order valence-corrected chi connectivity index (χ2v) is 3.02. The fraction of sp³-hybridized carbons (Fsp3) is 0.100. The molecule has 7 nitrogen and oxygen atoms in total. The van der Waals surface area contributed by atoms with Gasteiger partial charge >= 0.3 is 0 Å². The monoisotopic (exact) mass is 235 g/mol. The number of para-hydroxylation sites is 1. The third-order valence-electron chi connectivity index (χ3n) is 1.83. The molecule has 0 unspecified atom stereocenters. The molecule has 0 amide bonds. The number of rotatable bonds is 4. The van der Waals surface area contributed by atoms with Crippen LogP contribution in [0.2, 0.25) is 0 Å². The van der Waals surface area contributed by atoms with Crippen molar-refractivity contribution >= 4 is 17.2 Å². The summed E-state index contributed by atoms with van der Waals surface area (Å²) < 4.78 is 0. The van der Waals surface area contributed by atoms with Gasteiger partial charge in [0.2, 0.25) is 0 Å². The number of azo groups is 1. The molecule has 0 radical (unpaired) electrons. The number of carbonyl (C=O) groups excluding carboxylic acids is 1. The van der Waals surface area contributed by atoms with Crippen molar-refractivity contribution in [1.29, 1.82) is 0 Å². The molecule has 88 valence electrons. The molecule has 1 aromatic rings. The van der Waals surface area contributed by atoms with Crippen LogP contribution >= 0.6 is 0 Å². The summed E-state index contributed by atoms with van der Waals surface area (Å²) in [4.78, 5) is 20.9. The Morgan fingerprint density at radius 2 is 2.12 bits per heavy atom. The van der Waals surface area contributed by atoms with Gasteiger partial charge in [-0.2, -0.15) is 0 Å². The smallest absolute Gasteiger partial charge is 0.296 e. The van der Waals surface area contributed by atoms with E-state index in [2.05, 4.69) is 10.2 Å². The number of benzene rings is 1. The fourth-order valence-electron chi connectivity index (χ4n) is 0.998. The summed E-state index contributed by atoms with van der Waals surface area (Å²) in [5.41, 5.74) is -0.488. The molecule has 0 bridgehead atoms. The van der Waals surface area contributed by atoms with Gasteiger partial charge in [-0.05, 0) is 6.07 Å². The number of hydrogen-bond acceptors (Lipinski definition) is 6. The quantitative estimate of drug-likeness (QED) is 0.284. The molecule has 0 aliphatic rings. The van der Waals surface area contributed by atoms with Gasteiger partial charge < -0.3 is 5.11 Å². The normalized spacial score (nSPS) is 11.7. The van der Waals surface area contributed by atoms with Crippen molar-refractivity contribution in [3.8, 4) is 0 Å². The molecule has 0 saturated heterocycles. The Morgan fingerprint density at radius 3 is 2.65 bits per heavy atom. The fourth-order valence-corrected chi connectivity index (χ4v) is 0.998. The maximum atomic E-state index is 10.9. The van der Waals surface area contributed by atoms with Crippen LogP contribution in [0, 0.1) is 10.1 Å². The molecule has 0 spiro atoms. The zero-order chi connectivity index (χ0) is 12.8. The van der Waals surface area contributed by atoms with E-state index in [-0.39, 0.29) is 17.1 Å². The molecule has 17 heavy (non-hydrogen) atoms. The minimum Gasteiger partial charge on any atom is -0.513 e. The highest BCUT2D eigenvalue weighted by atomic mass is 16.6. The van der Waals surface area contributed by atoms with E-state index in [4.69, 9.17) is 5.11 Å². The number of allylic oxidation sites excluding steroid dienone is 1. The summed E-state index contributed by atoms with van der Waals surface area (Å²) in [5.74, 6) is -0.491. The molecular formula is C10H9N3O4. The first-order valence-corrected chi connectivity index (χ1v) is 4.56. The predicted octanol–water partition coefficient (Wildman–Crippen LogP) is 2.67. The van der Waals surface area contributed by atoms with E-state index in [1.165, 1.54) is 25.1 Å². The molecular weight excluding hydrogens is 226 g/mol. The number of hydrogen-bond donors (Lipinski definition) is 1. The Morgan fingerprint density at radius 1 is 1.47 bits per heavy atom. The van der Waals surface area contributed by atoms with Gasteiger partial charge in [0.15, 0.2) is 17.2 Å². The number of nitrogens with zero attached hydrogens (tertiary/aromatic N) is 3. The molecule has 0 aliphatic heterocycles. The number of nitro benzene ring substituents is 1. The minimum atomic E-state index is -0.607. The molecule has 0 fully saturated rings. The summed E-state index contributed by atoms with van der Waals surface area (Å²) in [6.07, 6.45) is 0.501. The number of nitro groups is 1. The first-order valence-electron chi connectivity index (χ1n) is 4.56. The molecule has 7 heteroatoms. The lowest BCUT2D eigenvalue weighted by molar-refractivity contribution is -0.384. The molecule has 1 aromatic carbocycles. The van der Waals surface area contributed by atoms with Crippen molar-refractivity contribution in [3.63, 3.8) is 0 Å². The number of aliphatic hydroxyl groups is 1. The second-order valence-electron chi connectivity index (χ2n) is 3.02. The zero-order valence-electron chi connectivity index (χ0n) is 8.90. The Hall–Kier alpha value is -2.57. The summed E-state index contributed by atoms with van der Waals surface area (Å²) in [5, 5.41) is 26.3. The van der Waals surface area contributed by atoms with Crippen LogP contribution in [-0.4, -0.2) is 15.8 Å². The van der Waals surface area contributed by atoms with Gasteiger partial charge in [-0.3, -0.25) is 14.9 Å². The largest absolute Gasteiger partial charge is 0.513 e. The number of carbonyl (C=O) groups is 1. The van der Waals surface area contributed by atoms with E-state index in [1.807, 2.05) is 0 Å². The van der Waals surface area contributed by atoms with E-state index < -0.39 is 10.7 Å². The Bertz CT molecular complexity index is 508. The number of aliphatic hydroxyl groups excluding tert-OH is 1. The zero-order valence-corrected chi connectivity index (χ0v) is 8.90. The van der Waals surface area contributed by atoms with Gasteiger partial charge in [0.05, 0.1) is 4.92 Å². The molecule has 0 aromatic heterocycles. The molecule has 1 N–H and O–H groups in total. The van der Waals surface area contributed by atoms with Gasteiger partial charge in [0, 0.05) is 13.0 Å². The summed E-state index contributed by atoms with van der Waals surface area (Å²) in [6.45, 7) is 1.19. The maximum Gasteiger partial charge on any atom is 0.296 e. The van der Waals surface area contributed by atoms with Crippen LogP contribution in [0.3, 0.4) is 0 Å².